The highest BCUT2D eigenvalue weighted by Gasteiger charge is 2.29. The van der Waals surface area contributed by atoms with Gasteiger partial charge in [-0.15, -0.1) is 0 Å². The molecule has 0 saturated heterocycles. The fraction of sp³-hybridized carbons (Fsp3) is 0.167. The van der Waals surface area contributed by atoms with Gasteiger partial charge in [0.05, 0.1) is 0 Å². The molecular weight excluding hydrogens is 380 g/mol. The van der Waals surface area contributed by atoms with E-state index in [1.54, 1.807) is 24.3 Å². The van der Waals surface area contributed by atoms with Crippen LogP contribution in [-0.4, -0.2) is 29.8 Å². The number of anilines is 1. The number of carbonyl (C=O) groups is 2. The Bertz CT molecular complexity index is 1030. The van der Waals surface area contributed by atoms with Gasteiger partial charge in [-0.05, 0) is 39.9 Å². The van der Waals surface area contributed by atoms with E-state index in [1.807, 2.05) is 36.4 Å². The minimum atomic E-state index is -1.12. The summed E-state index contributed by atoms with van der Waals surface area (Å²) in [5.41, 5.74) is 11.5. The molecule has 0 spiro atoms. The number of nitrogen functional groups attached to an aromatic ring is 1. The van der Waals surface area contributed by atoms with Gasteiger partial charge in [0.1, 0.15) is 12.6 Å². The molecule has 3 aromatic carbocycles. The van der Waals surface area contributed by atoms with Crippen LogP contribution in [0.4, 0.5) is 10.5 Å². The van der Waals surface area contributed by atoms with Gasteiger partial charge < -0.3 is 20.9 Å². The van der Waals surface area contributed by atoms with E-state index < -0.39 is 18.1 Å². The number of aliphatic carboxylic acids is 1. The standard InChI is InChI=1S/C24H22N2O4/c25-16-11-9-15(10-12-16)13-22(23(27)28)26-24(29)30-14-21-19-7-3-1-5-17(19)18-6-2-4-8-20(18)21/h1-12,21-22H,13-14,25H2,(H,26,29)(H,27,28)/t22-/m1/s1. The number of fused-ring (bicyclic) bond motifs is 3. The Kier molecular flexibility index (Phi) is 5.39. The van der Waals surface area contributed by atoms with Gasteiger partial charge in [-0.25, -0.2) is 9.59 Å². The van der Waals surface area contributed by atoms with E-state index in [2.05, 4.69) is 17.4 Å². The first kappa shape index (κ1) is 19.5. The lowest BCUT2D eigenvalue weighted by Crippen LogP contribution is -2.42. The van der Waals surface area contributed by atoms with E-state index in [0.29, 0.717) is 5.69 Å². The average Bonchev–Trinajstić information content (AvgIpc) is 3.07. The minimum absolute atomic E-state index is 0.0801. The molecular formula is C24H22N2O4. The Morgan fingerprint density at radius 2 is 1.50 bits per heavy atom. The van der Waals surface area contributed by atoms with Crippen molar-refractivity contribution in [3.63, 3.8) is 0 Å². The summed E-state index contributed by atoms with van der Waals surface area (Å²) in [6.45, 7) is 0.133. The number of alkyl carbamates (subject to hydrolysis) is 1. The van der Waals surface area contributed by atoms with Crippen molar-refractivity contribution >= 4 is 17.7 Å². The van der Waals surface area contributed by atoms with Crippen LogP contribution in [0.25, 0.3) is 11.1 Å². The van der Waals surface area contributed by atoms with Crippen molar-refractivity contribution in [3.05, 3.63) is 89.5 Å². The maximum atomic E-state index is 12.4. The van der Waals surface area contributed by atoms with E-state index in [0.717, 1.165) is 27.8 Å². The SMILES string of the molecule is Nc1ccc(C[C@@H](NC(=O)OCC2c3ccccc3-c3ccccc32)C(=O)O)cc1. The lowest BCUT2D eigenvalue weighted by atomic mass is 9.98. The van der Waals surface area contributed by atoms with Crippen molar-refractivity contribution < 1.29 is 19.4 Å². The molecule has 0 aliphatic heterocycles. The fourth-order valence-corrected chi connectivity index (χ4v) is 3.87. The van der Waals surface area contributed by atoms with Crippen LogP contribution >= 0.6 is 0 Å². The third kappa shape index (κ3) is 3.98. The second kappa shape index (κ2) is 8.29. The highest BCUT2D eigenvalue weighted by molar-refractivity contribution is 5.81. The molecule has 0 radical (unpaired) electrons. The maximum absolute atomic E-state index is 12.4. The molecule has 1 aliphatic rings. The van der Waals surface area contributed by atoms with Crippen molar-refractivity contribution in [1.29, 1.82) is 0 Å². The number of carboxylic acid groups (broad SMARTS) is 1. The average molecular weight is 402 g/mol. The van der Waals surface area contributed by atoms with Gasteiger partial charge in [0.15, 0.2) is 0 Å². The zero-order valence-corrected chi connectivity index (χ0v) is 16.2. The van der Waals surface area contributed by atoms with Crippen LogP contribution in [-0.2, 0) is 16.0 Å². The number of carboxylic acids is 1. The maximum Gasteiger partial charge on any atom is 0.407 e. The van der Waals surface area contributed by atoms with E-state index >= 15 is 0 Å². The molecule has 0 fully saturated rings. The van der Waals surface area contributed by atoms with Crippen LogP contribution < -0.4 is 11.1 Å². The van der Waals surface area contributed by atoms with Crippen LogP contribution in [0.1, 0.15) is 22.6 Å². The van der Waals surface area contributed by atoms with E-state index in [4.69, 9.17) is 10.5 Å². The van der Waals surface area contributed by atoms with Crippen LogP contribution in [0.3, 0.4) is 0 Å². The van der Waals surface area contributed by atoms with Gasteiger partial charge in [-0.1, -0.05) is 60.7 Å². The summed E-state index contributed by atoms with van der Waals surface area (Å²) >= 11 is 0. The largest absolute Gasteiger partial charge is 0.480 e. The third-order valence-corrected chi connectivity index (χ3v) is 5.35. The molecule has 6 heteroatoms. The lowest BCUT2D eigenvalue weighted by Gasteiger charge is -2.17. The van der Waals surface area contributed by atoms with E-state index in [1.165, 1.54) is 0 Å². The topological polar surface area (TPSA) is 102 Å². The van der Waals surface area contributed by atoms with Gasteiger partial charge in [-0.2, -0.15) is 0 Å². The van der Waals surface area contributed by atoms with Crippen molar-refractivity contribution in [3.8, 4) is 11.1 Å². The number of nitrogens with two attached hydrogens (primary N) is 1. The quantitative estimate of drug-likeness (QED) is 0.544. The molecule has 1 amide bonds. The molecule has 0 unspecified atom stereocenters. The Balaban J connectivity index is 1.43. The van der Waals surface area contributed by atoms with Crippen LogP contribution in [0.2, 0.25) is 0 Å². The number of ether oxygens (including phenoxy) is 1. The Labute approximate surface area is 174 Å². The molecule has 6 nitrogen and oxygen atoms in total. The van der Waals surface area contributed by atoms with Gasteiger partial charge in [0, 0.05) is 18.0 Å². The summed E-state index contributed by atoms with van der Waals surface area (Å²) in [5.74, 6) is -1.20. The molecule has 3 aromatic rings. The summed E-state index contributed by atoms with van der Waals surface area (Å²) in [6, 6.07) is 21.9. The number of hydrogen-bond donors (Lipinski definition) is 3. The molecule has 152 valence electrons. The minimum Gasteiger partial charge on any atom is -0.480 e. The van der Waals surface area contributed by atoms with Gasteiger partial charge in [0.2, 0.25) is 0 Å². The highest BCUT2D eigenvalue weighted by Crippen LogP contribution is 2.44. The number of hydrogen-bond acceptors (Lipinski definition) is 4. The predicted octanol–water partition coefficient (Wildman–Crippen LogP) is 3.80. The summed E-state index contributed by atoms with van der Waals surface area (Å²) < 4.78 is 5.44. The predicted molar refractivity (Wildman–Crippen MR) is 114 cm³/mol. The Morgan fingerprint density at radius 3 is 2.07 bits per heavy atom. The molecule has 30 heavy (non-hydrogen) atoms. The van der Waals surface area contributed by atoms with Crippen molar-refractivity contribution in [2.24, 2.45) is 0 Å². The normalized spacial score (nSPS) is 13.2. The zero-order chi connectivity index (χ0) is 21.1. The first-order chi connectivity index (χ1) is 14.5. The van der Waals surface area contributed by atoms with E-state index in [-0.39, 0.29) is 18.9 Å². The van der Waals surface area contributed by atoms with Crippen LogP contribution in [0.15, 0.2) is 72.8 Å². The van der Waals surface area contributed by atoms with Gasteiger partial charge in [-0.3, -0.25) is 0 Å². The molecule has 0 aromatic heterocycles. The number of nitrogens with one attached hydrogen (secondary N) is 1. The zero-order valence-electron chi connectivity index (χ0n) is 16.2. The molecule has 0 bridgehead atoms. The molecule has 4 rings (SSSR count). The summed E-state index contributed by atoms with van der Waals surface area (Å²) in [5, 5.41) is 11.9. The summed E-state index contributed by atoms with van der Waals surface area (Å²) in [4.78, 5) is 24.0. The second-order valence-electron chi connectivity index (χ2n) is 7.31. The molecule has 1 aliphatic carbocycles. The number of benzene rings is 3. The van der Waals surface area contributed by atoms with Crippen molar-refractivity contribution in [1.82, 2.24) is 5.32 Å². The van der Waals surface area contributed by atoms with E-state index in [9.17, 15) is 14.7 Å². The van der Waals surface area contributed by atoms with Crippen LogP contribution in [0.5, 0.6) is 0 Å². The van der Waals surface area contributed by atoms with Crippen LogP contribution in [0, 0.1) is 0 Å². The van der Waals surface area contributed by atoms with Gasteiger partial charge >= 0.3 is 12.1 Å². The molecule has 1 atom stereocenters. The number of amides is 1. The number of carbonyl (C=O) groups excluding carboxylic acids is 1. The first-order valence-corrected chi connectivity index (χ1v) is 9.71. The lowest BCUT2D eigenvalue weighted by molar-refractivity contribution is -0.139. The summed E-state index contributed by atoms with van der Waals surface area (Å²) in [7, 11) is 0. The monoisotopic (exact) mass is 402 g/mol. The van der Waals surface area contributed by atoms with Crippen molar-refractivity contribution in [2.75, 3.05) is 12.3 Å². The molecule has 0 saturated carbocycles. The first-order valence-electron chi connectivity index (χ1n) is 9.71. The molecule has 4 N–H and O–H groups in total. The molecule has 0 heterocycles. The summed E-state index contributed by atoms with van der Waals surface area (Å²) in [6.07, 6.45) is -0.612. The Hall–Kier alpha value is -3.80. The third-order valence-electron chi connectivity index (χ3n) is 5.35. The number of rotatable bonds is 6. The Morgan fingerprint density at radius 1 is 0.933 bits per heavy atom. The smallest absolute Gasteiger partial charge is 0.407 e. The van der Waals surface area contributed by atoms with Gasteiger partial charge in [0.25, 0.3) is 0 Å². The van der Waals surface area contributed by atoms with Crippen molar-refractivity contribution in [2.45, 2.75) is 18.4 Å². The fourth-order valence-electron chi connectivity index (χ4n) is 3.87. The second-order valence-corrected chi connectivity index (χ2v) is 7.31. The highest BCUT2D eigenvalue weighted by atomic mass is 16.5.